The minimum Gasteiger partial charge on any atom is -0.478 e. The molecular formula is C13H16FNO5S. The Hall–Kier alpha value is -1.51. The molecule has 0 radical (unpaired) electrons. The number of benzene rings is 1. The fourth-order valence-corrected chi connectivity index (χ4v) is 4.00. The highest BCUT2D eigenvalue weighted by atomic mass is 32.2. The summed E-state index contributed by atoms with van der Waals surface area (Å²) in [5, 5.41) is 18.3. The molecule has 116 valence electrons. The number of aromatic carboxylic acids is 1. The molecule has 0 heterocycles. The standard InChI is InChI=1S/C13H16FNO5S/c14-11-4-3-9(7-10(11)12(17)18)21(19,20)15-13(8-16)5-1-2-6-13/h3-4,7,15-16H,1-2,5-6,8H2,(H,17,18). The molecule has 0 aliphatic heterocycles. The summed E-state index contributed by atoms with van der Waals surface area (Å²) in [6.45, 7) is -0.334. The Morgan fingerprint density at radius 1 is 1.33 bits per heavy atom. The van der Waals surface area contributed by atoms with Crippen LogP contribution in [-0.2, 0) is 10.0 Å². The molecule has 21 heavy (non-hydrogen) atoms. The molecule has 0 atom stereocenters. The Morgan fingerprint density at radius 2 is 1.95 bits per heavy atom. The van der Waals surface area contributed by atoms with Gasteiger partial charge in [0.1, 0.15) is 5.82 Å². The fraction of sp³-hybridized carbons (Fsp3) is 0.462. The zero-order valence-corrected chi connectivity index (χ0v) is 12.0. The Bertz CT molecular complexity index is 653. The number of nitrogens with one attached hydrogen (secondary N) is 1. The van der Waals surface area contributed by atoms with Crippen molar-refractivity contribution in [2.45, 2.75) is 36.1 Å². The van der Waals surface area contributed by atoms with E-state index in [1.807, 2.05) is 0 Å². The van der Waals surface area contributed by atoms with E-state index >= 15 is 0 Å². The van der Waals surface area contributed by atoms with Gasteiger partial charge < -0.3 is 10.2 Å². The van der Waals surface area contributed by atoms with Gasteiger partial charge in [-0.3, -0.25) is 0 Å². The molecular weight excluding hydrogens is 301 g/mol. The van der Waals surface area contributed by atoms with E-state index in [0.29, 0.717) is 12.8 Å². The quantitative estimate of drug-likeness (QED) is 0.754. The van der Waals surface area contributed by atoms with Crippen molar-refractivity contribution in [1.29, 1.82) is 0 Å². The van der Waals surface area contributed by atoms with Gasteiger partial charge in [-0.15, -0.1) is 0 Å². The van der Waals surface area contributed by atoms with Crippen molar-refractivity contribution >= 4 is 16.0 Å². The summed E-state index contributed by atoms with van der Waals surface area (Å²) in [6.07, 6.45) is 2.62. The van der Waals surface area contributed by atoms with Gasteiger partial charge >= 0.3 is 5.97 Å². The zero-order valence-electron chi connectivity index (χ0n) is 11.2. The van der Waals surface area contributed by atoms with Gasteiger partial charge in [-0.25, -0.2) is 22.3 Å². The van der Waals surface area contributed by atoms with Crippen LogP contribution in [-0.4, -0.2) is 36.7 Å². The molecule has 1 saturated carbocycles. The van der Waals surface area contributed by atoms with E-state index in [0.717, 1.165) is 31.0 Å². The molecule has 0 amide bonds. The number of hydrogen-bond donors (Lipinski definition) is 3. The van der Waals surface area contributed by atoms with Crippen molar-refractivity contribution in [1.82, 2.24) is 4.72 Å². The van der Waals surface area contributed by atoms with E-state index in [1.165, 1.54) is 0 Å². The van der Waals surface area contributed by atoms with Gasteiger partial charge in [0.05, 0.1) is 22.6 Å². The summed E-state index contributed by atoms with van der Waals surface area (Å²) in [7, 11) is -4.03. The molecule has 6 nitrogen and oxygen atoms in total. The highest BCUT2D eigenvalue weighted by molar-refractivity contribution is 7.89. The van der Waals surface area contributed by atoms with Gasteiger partial charge in [0, 0.05) is 0 Å². The van der Waals surface area contributed by atoms with Gasteiger partial charge in [0.2, 0.25) is 10.0 Å². The van der Waals surface area contributed by atoms with Crippen LogP contribution in [0.25, 0.3) is 0 Å². The first-order valence-electron chi connectivity index (χ1n) is 6.47. The van der Waals surface area contributed by atoms with Gasteiger partial charge in [0.25, 0.3) is 0 Å². The third kappa shape index (κ3) is 3.22. The Morgan fingerprint density at radius 3 is 2.48 bits per heavy atom. The third-order valence-electron chi connectivity index (χ3n) is 3.69. The van der Waals surface area contributed by atoms with E-state index in [9.17, 15) is 22.7 Å². The zero-order chi connectivity index (χ0) is 15.7. The molecule has 0 spiro atoms. The molecule has 1 aliphatic carbocycles. The van der Waals surface area contributed by atoms with Crippen LogP contribution >= 0.6 is 0 Å². The normalized spacial score (nSPS) is 17.8. The lowest BCUT2D eigenvalue weighted by molar-refractivity contribution is 0.0691. The Kier molecular flexibility index (Phi) is 4.31. The molecule has 0 saturated heterocycles. The van der Waals surface area contributed by atoms with Crippen LogP contribution in [0.1, 0.15) is 36.0 Å². The third-order valence-corrected chi connectivity index (χ3v) is 5.27. The SMILES string of the molecule is O=C(O)c1cc(S(=O)(=O)NC2(CO)CCCC2)ccc1F. The Balaban J connectivity index is 2.36. The molecule has 0 bridgehead atoms. The van der Waals surface area contributed by atoms with Crippen molar-refractivity contribution in [3.05, 3.63) is 29.6 Å². The average molecular weight is 317 g/mol. The predicted octanol–water partition coefficient (Wildman–Crippen LogP) is 1.11. The van der Waals surface area contributed by atoms with E-state index in [4.69, 9.17) is 5.11 Å². The molecule has 1 fully saturated rings. The maximum Gasteiger partial charge on any atom is 0.338 e. The van der Waals surface area contributed by atoms with Crippen LogP contribution in [0.2, 0.25) is 0 Å². The lowest BCUT2D eigenvalue weighted by Gasteiger charge is -2.27. The first kappa shape index (κ1) is 15.9. The molecule has 1 aliphatic rings. The molecule has 0 aromatic heterocycles. The number of carboxylic acid groups (broad SMARTS) is 1. The molecule has 2 rings (SSSR count). The minimum absolute atomic E-state index is 0.332. The van der Waals surface area contributed by atoms with Crippen LogP contribution in [0.5, 0.6) is 0 Å². The van der Waals surface area contributed by atoms with E-state index in [1.54, 1.807) is 0 Å². The average Bonchev–Trinajstić information content (AvgIpc) is 2.87. The van der Waals surface area contributed by atoms with E-state index in [2.05, 4.69) is 4.72 Å². The van der Waals surface area contributed by atoms with Crippen LogP contribution < -0.4 is 4.72 Å². The summed E-state index contributed by atoms with van der Waals surface area (Å²) >= 11 is 0. The summed E-state index contributed by atoms with van der Waals surface area (Å²) in [6, 6.07) is 2.59. The van der Waals surface area contributed by atoms with Crippen molar-refractivity contribution in [3.8, 4) is 0 Å². The first-order chi connectivity index (χ1) is 9.80. The number of hydrogen-bond acceptors (Lipinski definition) is 4. The van der Waals surface area contributed by atoms with Gasteiger partial charge in [-0.2, -0.15) is 0 Å². The number of carboxylic acids is 1. The summed E-state index contributed by atoms with van der Waals surface area (Å²) < 4.78 is 40.3. The smallest absolute Gasteiger partial charge is 0.338 e. The van der Waals surface area contributed by atoms with Crippen molar-refractivity contribution < 1.29 is 27.8 Å². The summed E-state index contributed by atoms with van der Waals surface area (Å²) in [5.41, 5.74) is -1.63. The second-order valence-electron chi connectivity index (χ2n) is 5.20. The topological polar surface area (TPSA) is 104 Å². The Labute approximate surface area is 121 Å². The summed E-state index contributed by atoms with van der Waals surface area (Å²) in [5.74, 6) is -2.54. The van der Waals surface area contributed by atoms with Crippen LogP contribution in [0.4, 0.5) is 4.39 Å². The monoisotopic (exact) mass is 317 g/mol. The largest absolute Gasteiger partial charge is 0.478 e. The first-order valence-corrected chi connectivity index (χ1v) is 7.96. The summed E-state index contributed by atoms with van der Waals surface area (Å²) in [4.78, 5) is 10.5. The van der Waals surface area contributed by atoms with Crippen LogP contribution in [0.3, 0.4) is 0 Å². The maximum atomic E-state index is 13.3. The lowest BCUT2D eigenvalue weighted by Crippen LogP contribution is -2.49. The second kappa shape index (κ2) is 5.70. The molecule has 1 aromatic rings. The number of rotatable bonds is 5. The van der Waals surface area contributed by atoms with Crippen molar-refractivity contribution in [2.75, 3.05) is 6.61 Å². The maximum absolute atomic E-state index is 13.3. The van der Waals surface area contributed by atoms with Crippen molar-refractivity contribution in [2.24, 2.45) is 0 Å². The number of sulfonamides is 1. The van der Waals surface area contributed by atoms with Gasteiger partial charge in [0.15, 0.2) is 0 Å². The molecule has 3 N–H and O–H groups in total. The van der Waals surface area contributed by atoms with Gasteiger partial charge in [-0.1, -0.05) is 12.8 Å². The van der Waals surface area contributed by atoms with Crippen LogP contribution in [0.15, 0.2) is 23.1 Å². The second-order valence-corrected chi connectivity index (χ2v) is 6.88. The molecule has 0 unspecified atom stereocenters. The van der Waals surface area contributed by atoms with Crippen LogP contribution in [0, 0.1) is 5.82 Å². The highest BCUT2D eigenvalue weighted by Gasteiger charge is 2.37. The number of halogens is 1. The molecule has 1 aromatic carbocycles. The number of carbonyl (C=O) groups is 1. The molecule has 8 heteroatoms. The van der Waals surface area contributed by atoms with Gasteiger partial charge in [-0.05, 0) is 31.0 Å². The number of aliphatic hydroxyl groups is 1. The fourth-order valence-electron chi connectivity index (χ4n) is 2.52. The minimum atomic E-state index is -4.03. The lowest BCUT2D eigenvalue weighted by atomic mass is 10.0. The van der Waals surface area contributed by atoms with E-state index in [-0.39, 0.29) is 11.5 Å². The van der Waals surface area contributed by atoms with Crippen molar-refractivity contribution in [3.63, 3.8) is 0 Å². The number of aliphatic hydroxyl groups excluding tert-OH is 1. The predicted molar refractivity (Wildman–Crippen MR) is 72.0 cm³/mol. The van der Waals surface area contributed by atoms with E-state index < -0.39 is 32.9 Å². The highest BCUT2D eigenvalue weighted by Crippen LogP contribution is 2.31.